The Kier molecular flexibility index (Phi) is 5.09. The minimum absolute atomic E-state index is 0.0231. The molecule has 1 heterocycles. The van der Waals surface area contributed by atoms with Gasteiger partial charge in [0, 0.05) is 6.42 Å². The molecule has 7 nitrogen and oxygen atoms in total. The number of primary sulfonamides is 1. The van der Waals surface area contributed by atoms with E-state index in [0.717, 1.165) is 22.8 Å². The highest BCUT2D eigenvalue weighted by atomic mass is 32.2. The van der Waals surface area contributed by atoms with Gasteiger partial charge in [-0.2, -0.15) is 0 Å². The molecule has 0 saturated heterocycles. The molecular weight excluding hydrogens is 371 g/mol. The second-order valence-electron chi connectivity index (χ2n) is 6.28. The molecule has 3 aromatic rings. The van der Waals surface area contributed by atoms with Crippen LogP contribution in [-0.4, -0.2) is 28.3 Å². The normalized spacial score (nSPS) is 11.7. The average molecular weight is 390 g/mol. The number of benzene rings is 2. The van der Waals surface area contributed by atoms with Crippen LogP contribution in [0.25, 0.3) is 5.69 Å². The van der Waals surface area contributed by atoms with Gasteiger partial charge in [-0.3, -0.25) is 0 Å². The first-order valence-corrected chi connectivity index (χ1v) is 9.68. The fourth-order valence-corrected chi connectivity index (χ4v) is 3.29. The minimum atomic E-state index is -4.02. The van der Waals surface area contributed by atoms with Gasteiger partial charge in [-0.1, -0.05) is 23.8 Å². The molecule has 3 rings (SSSR count). The zero-order valence-electron chi connectivity index (χ0n) is 14.8. The average Bonchev–Trinajstić information content (AvgIpc) is 3.00. The van der Waals surface area contributed by atoms with Crippen molar-refractivity contribution in [2.24, 2.45) is 5.14 Å². The molecule has 0 bridgehead atoms. The molecule has 27 heavy (non-hydrogen) atoms. The summed E-state index contributed by atoms with van der Waals surface area (Å²) in [5, 5.41) is 18.6. The number of aryl methyl sites for hydroxylation is 2. The van der Waals surface area contributed by atoms with Crippen molar-refractivity contribution in [1.82, 2.24) is 14.8 Å². The van der Waals surface area contributed by atoms with Gasteiger partial charge in [0.05, 0.1) is 4.90 Å². The summed E-state index contributed by atoms with van der Waals surface area (Å²) in [6.45, 7) is 3.53. The number of aliphatic hydroxyl groups is 1. The zero-order valence-corrected chi connectivity index (χ0v) is 15.7. The Hall–Kier alpha value is -2.62. The third-order valence-corrected chi connectivity index (χ3v) is 5.10. The summed E-state index contributed by atoms with van der Waals surface area (Å²) < 4.78 is 38.7. The van der Waals surface area contributed by atoms with Gasteiger partial charge >= 0.3 is 0 Å². The van der Waals surface area contributed by atoms with E-state index >= 15 is 0 Å². The van der Waals surface area contributed by atoms with Crippen LogP contribution in [0.3, 0.4) is 0 Å². The number of hydrogen-bond acceptors (Lipinski definition) is 5. The number of aliphatic hydroxyl groups excluding tert-OH is 1. The molecule has 0 aliphatic heterocycles. The van der Waals surface area contributed by atoms with Gasteiger partial charge in [0.2, 0.25) is 10.0 Å². The van der Waals surface area contributed by atoms with Crippen LogP contribution in [0.1, 0.15) is 28.3 Å². The second kappa shape index (κ2) is 7.18. The van der Waals surface area contributed by atoms with Crippen LogP contribution in [0.2, 0.25) is 0 Å². The summed E-state index contributed by atoms with van der Waals surface area (Å²) >= 11 is 0. The SMILES string of the molecule is Cc1ccc(C)c(Cc2nc(CO)nn2-c2ccc(S(N)(=O)=O)cc2F)c1. The van der Waals surface area contributed by atoms with Gasteiger partial charge in [-0.25, -0.2) is 27.6 Å². The van der Waals surface area contributed by atoms with Crippen molar-refractivity contribution in [3.63, 3.8) is 0 Å². The molecule has 9 heteroatoms. The molecule has 0 amide bonds. The van der Waals surface area contributed by atoms with E-state index in [2.05, 4.69) is 10.1 Å². The number of rotatable bonds is 5. The molecule has 0 saturated carbocycles. The highest BCUT2D eigenvalue weighted by molar-refractivity contribution is 7.89. The lowest BCUT2D eigenvalue weighted by molar-refractivity contribution is 0.271. The second-order valence-corrected chi connectivity index (χ2v) is 7.84. The first-order chi connectivity index (χ1) is 12.7. The number of hydrogen-bond donors (Lipinski definition) is 2. The maximum atomic E-state index is 14.6. The van der Waals surface area contributed by atoms with Crippen LogP contribution >= 0.6 is 0 Å². The van der Waals surface area contributed by atoms with Gasteiger partial charge in [-0.15, -0.1) is 5.10 Å². The Bertz CT molecular complexity index is 1110. The standard InChI is InChI=1S/C18H19FN4O3S/c1-11-3-4-12(2)13(7-11)8-18-21-17(10-24)22-23(18)16-6-5-14(9-15(16)19)27(20,25)26/h3-7,9,24H,8,10H2,1-2H3,(H2,20,25,26). The number of sulfonamides is 1. The highest BCUT2D eigenvalue weighted by Gasteiger charge is 2.18. The smallest absolute Gasteiger partial charge is 0.238 e. The molecule has 3 N–H and O–H groups in total. The van der Waals surface area contributed by atoms with Crippen molar-refractivity contribution in [3.05, 3.63) is 70.6 Å². The monoisotopic (exact) mass is 390 g/mol. The fourth-order valence-electron chi connectivity index (χ4n) is 2.76. The summed E-state index contributed by atoms with van der Waals surface area (Å²) in [5.74, 6) is -0.238. The first-order valence-electron chi connectivity index (χ1n) is 8.13. The largest absolute Gasteiger partial charge is 0.388 e. The molecule has 0 aliphatic carbocycles. The Morgan fingerprint density at radius 1 is 1.19 bits per heavy atom. The van der Waals surface area contributed by atoms with Crippen LogP contribution in [0, 0.1) is 19.7 Å². The number of nitrogens with zero attached hydrogens (tertiary/aromatic N) is 3. The van der Waals surface area contributed by atoms with Crippen molar-refractivity contribution in [2.45, 2.75) is 31.8 Å². The van der Waals surface area contributed by atoms with Crippen LogP contribution in [0.15, 0.2) is 41.3 Å². The van der Waals surface area contributed by atoms with Crippen LogP contribution < -0.4 is 5.14 Å². The van der Waals surface area contributed by atoms with E-state index in [4.69, 9.17) is 5.14 Å². The van der Waals surface area contributed by atoms with Crippen molar-refractivity contribution >= 4 is 10.0 Å². The maximum Gasteiger partial charge on any atom is 0.238 e. The van der Waals surface area contributed by atoms with Crippen LogP contribution in [0.4, 0.5) is 4.39 Å². The van der Waals surface area contributed by atoms with E-state index in [1.165, 1.54) is 16.8 Å². The molecule has 0 spiro atoms. The fraction of sp³-hybridized carbons (Fsp3) is 0.222. The molecule has 0 aliphatic rings. The van der Waals surface area contributed by atoms with Gasteiger partial charge < -0.3 is 5.11 Å². The maximum absolute atomic E-state index is 14.6. The summed E-state index contributed by atoms with van der Waals surface area (Å²) in [5.41, 5.74) is 3.14. The lowest BCUT2D eigenvalue weighted by Gasteiger charge is -2.10. The zero-order chi connectivity index (χ0) is 19.8. The first kappa shape index (κ1) is 19.2. The summed E-state index contributed by atoms with van der Waals surface area (Å²) in [6.07, 6.45) is 0.372. The van der Waals surface area contributed by atoms with E-state index in [9.17, 15) is 17.9 Å². The van der Waals surface area contributed by atoms with E-state index in [1.807, 2.05) is 32.0 Å². The third kappa shape index (κ3) is 4.05. The lowest BCUT2D eigenvalue weighted by Crippen LogP contribution is -2.13. The van der Waals surface area contributed by atoms with E-state index < -0.39 is 22.4 Å². The predicted octanol–water partition coefficient (Wildman–Crippen LogP) is 1.75. The van der Waals surface area contributed by atoms with Crippen LogP contribution in [0.5, 0.6) is 0 Å². The predicted molar refractivity (Wildman–Crippen MR) is 97.3 cm³/mol. The number of halogens is 1. The Morgan fingerprint density at radius 3 is 2.56 bits per heavy atom. The van der Waals surface area contributed by atoms with Gasteiger partial charge in [0.25, 0.3) is 0 Å². The summed E-state index contributed by atoms with van der Waals surface area (Å²) in [6, 6.07) is 9.31. The number of nitrogens with two attached hydrogens (primary N) is 1. The lowest BCUT2D eigenvalue weighted by atomic mass is 10.0. The van der Waals surface area contributed by atoms with Gasteiger partial charge in [-0.05, 0) is 43.2 Å². The molecule has 0 radical (unpaired) electrons. The van der Waals surface area contributed by atoms with Crippen molar-refractivity contribution in [3.8, 4) is 5.69 Å². The molecule has 0 unspecified atom stereocenters. The Morgan fingerprint density at radius 2 is 1.93 bits per heavy atom. The highest BCUT2D eigenvalue weighted by Crippen LogP contribution is 2.21. The van der Waals surface area contributed by atoms with Crippen molar-refractivity contribution in [1.29, 1.82) is 0 Å². The summed E-state index contributed by atoms with van der Waals surface area (Å²) in [7, 11) is -4.02. The molecule has 0 atom stereocenters. The quantitative estimate of drug-likeness (QED) is 0.689. The minimum Gasteiger partial charge on any atom is -0.388 e. The molecule has 1 aromatic heterocycles. The third-order valence-electron chi connectivity index (χ3n) is 4.19. The van der Waals surface area contributed by atoms with Crippen molar-refractivity contribution in [2.75, 3.05) is 0 Å². The topological polar surface area (TPSA) is 111 Å². The van der Waals surface area contributed by atoms with Gasteiger partial charge in [0.1, 0.15) is 23.9 Å². The Labute approximate surface area is 156 Å². The van der Waals surface area contributed by atoms with Crippen molar-refractivity contribution < 1.29 is 17.9 Å². The molecule has 0 fully saturated rings. The van der Waals surface area contributed by atoms with E-state index in [1.54, 1.807) is 0 Å². The molecule has 2 aromatic carbocycles. The van der Waals surface area contributed by atoms with E-state index in [-0.39, 0.29) is 16.4 Å². The van der Waals surface area contributed by atoms with E-state index in [0.29, 0.717) is 12.2 Å². The number of aromatic nitrogens is 3. The summed E-state index contributed by atoms with van der Waals surface area (Å²) in [4.78, 5) is 3.94. The molecular formula is C18H19FN4O3S. The Balaban J connectivity index is 2.09. The van der Waals surface area contributed by atoms with Gasteiger partial charge in [0.15, 0.2) is 5.82 Å². The molecule has 142 valence electrons. The van der Waals surface area contributed by atoms with Crippen LogP contribution in [-0.2, 0) is 23.1 Å².